The smallest absolute Gasteiger partial charge is 0.321 e. The highest BCUT2D eigenvalue weighted by Crippen LogP contribution is 2.27. The number of likely N-dealkylation sites (tertiary alicyclic amines) is 1. The van der Waals surface area contributed by atoms with Crippen LogP contribution in [0, 0.1) is 5.41 Å². The van der Waals surface area contributed by atoms with Crippen molar-refractivity contribution < 1.29 is 9.59 Å². The Kier molecular flexibility index (Phi) is 5.33. The molecule has 0 bridgehead atoms. The van der Waals surface area contributed by atoms with Crippen molar-refractivity contribution in [2.75, 3.05) is 26.2 Å². The largest absolute Gasteiger partial charge is 0.333 e. The van der Waals surface area contributed by atoms with Crippen LogP contribution in [0.2, 0.25) is 0 Å². The van der Waals surface area contributed by atoms with Gasteiger partial charge in [0.15, 0.2) is 0 Å². The third-order valence-electron chi connectivity index (χ3n) is 3.75. The van der Waals surface area contributed by atoms with Gasteiger partial charge >= 0.3 is 6.03 Å². The van der Waals surface area contributed by atoms with Crippen molar-refractivity contribution in [3.63, 3.8) is 0 Å². The molecule has 2 rings (SSSR count). The average molecular weight is 310 g/mol. The summed E-state index contributed by atoms with van der Waals surface area (Å²) in [5.41, 5.74) is 5.82. The number of carbonyl (C=O) groups is 2. The van der Waals surface area contributed by atoms with Crippen LogP contribution < -0.4 is 16.4 Å². The summed E-state index contributed by atoms with van der Waals surface area (Å²) in [6, 6.07) is 3.41. The monoisotopic (exact) mass is 310 g/mol. The lowest BCUT2D eigenvalue weighted by molar-refractivity contribution is -0.121. The highest BCUT2D eigenvalue weighted by atomic mass is 32.1. The molecule has 4 N–H and O–H groups in total. The molecule has 21 heavy (non-hydrogen) atoms. The molecule has 116 valence electrons. The molecule has 0 aliphatic carbocycles. The van der Waals surface area contributed by atoms with Gasteiger partial charge in [-0.25, -0.2) is 4.79 Å². The second-order valence-corrected chi connectivity index (χ2v) is 6.82. The molecule has 1 aliphatic rings. The minimum atomic E-state index is -0.450. The molecule has 1 aliphatic heterocycles. The normalized spacial score (nSPS) is 22.2. The highest BCUT2D eigenvalue weighted by Gasteiger charge is 2.33. The van der Waals surface area contributed by atoms with Crippen molar-refractivity contribution in [2.45, 2.75) is 19.9 Å². The molecule has 2 heterocycles. The number of hydrogen-bond acceptors (Lipinski definition) is 5. The Bertz CT molecular complexity index is 491. The van der Waals surface area contributed by atoms with E-state index in [4.69, 9.17) is 5.73 Å². The second-order valence-electron chi connectivity index (χ2n) is 5.79. The van der Waals surface area contributed by atoms with Crippen LogP contribution in [-0.4, -0.2) is 43.0 Å². The molecule has 1 unspecified atom stereocenters. The second kappa shape index (κ2) is 7.02. The van der Waals surface area contributed by atoms with Gasteiger partial charge in [-0.1, -0.05) is 13.0 Å². The summed E-state index contributed by atoms with van der Waals surface area (Å²) >= 11 is 1.56. The van der Waals surface area contributed by atoms with E-state index in [9.17, 15) is 9.59 Å². The lowest BCUT2D eigenvalue weighted by Gasteiger charge is -2.22. The van der Waals surface area contributed by atoms with Crippen LogP contribution in [-0.2, 0) is 11.3 Å². The number of carbonyl (C=O) groups excluding carboxylic acids is 2. The zero-order valence-electron chi connectivity index (χ0n) is 12.2. The van der Waals surface area contributed by atoms with Gasteiger partial charge in [-0.2, -0.15) is 0 Å². The summed E-state index contributed by atoms with van der Waals surface area (Å²) in [7, 11) is 0. The van der Waals surface area contributed by atoms with E-state index in [1.54, 1.807) is 11.3 Å². The van der Waals surface area contributed by atoms with E-state index in [1.165, 1.54) is 0 Å². The van der Waals surface area contributed by atoms with Crippen molar-refractivity contribution in [1.29, 1.82) is 0 Å². The fourth-order valence-electron chi connectivity index (χ4n) is 2.42. The van der Waals surface area contributed by atoms with Crippen molar-refractivity contribution >= 4 is 23.3 Å². The summed E-state index contributed by atoms with van der Waals surface area (Å²) in [5, 5.41) is 6.97. The number of urea groups is 1. The molecule has 1 atom stereocenters. The van der Waals surface area contributed by atoms with Crippen LogP contribution in [0.3, 0.4) is 0 Å². The van der Waals surface area contributed by atoms with Crippen molar-refractivity contribution in [3.05, 3.63) is 22.4 Å². The molecule has 0 radical (unpaired) electrons. The first-order valence-corrected chi connectivity index (χ1v) is 7.91. The number of nitrogens with two attached hydrogens (primary N) is 1. The lowest BCUT2D eigenvalue weighted by atomic mass is 9.90. The van der Waals surface area contributed by atoms with Gasteiger partial charge in [-0.15, -0.1) is 11.3 Å². The maximum Gasteiger partial charge on any atom is 0.321 e. The number of nitrogens with zero attached hydrogens (tertiary/aromatic N) is 1. The standard InChI is InChI=1S/C14H22N4O2S/c1-14(9-15)4-5-18(10-14)8-12(19)17-13(20)16-7-11-3-2-6-21-11/h2-3,6H,4-5,7-10,15H2,1H3,(H2,16,17,19,20). The van der Waals surface area contributed by atoms with Gasteiger partial charge in [0.25, 0.3) is 0 Å². The Hall–Kier alpha value is -1.44. The molecule has 1 aromatic rings. The predicted octanol–water partition coefficient (Wildman–Crippen LogP) is 0.745. The Labute approximate surface area is 128 Å². The minimum Gasteiger partial charge on any atom is -0.333 e. The van der Waals surface area contributed by atoms with Crippen LogP contribution >= 0.6 is 11.3 Å². The molecule has 1 saturated heterocycles. The number of thiophene rings is 1. The number of hydrogen-bond donors (Lipinski definition) is 3. The van der Waals surface area contributed by atoms with Crippen LogP contribution in [0.15, 0.2) is 17.5 Å². The fourth-order valence-corrected chi connectivity index (χ4v) is 3.07. The Morgan fingerprint density at radius 2 is 2.33 bits per heavy atom. The molecule has 6 nitrogen and oxygen atoms in total. The van der Waals surface area contributed by atoms with Gasteiger partial charge in [0, 0.05) is 11.4 Å². The van der Waals surface area contributed by atoms with Crippen molar-refractivity contribution in [3.8, 4) is 0 Å². The molecular weight excluding hydrogens is 288 g/mol. The Balaban J connectivity index is 1.68. The molecule has 1 aromatic heterocycles. The summed E-state index contributed by atoms with van der Waals surface area (Å²) in [5.74, 6) is -0.278. The summed E-state index contributed by atoms with van der Waals surface area (Å²) in [6.07, 6.45) is 0.987. The summed E-state index contributed by atoms with van der Waals surface area (Å²) < 4.78 is 0. The quantitative estimate of drug-likeness (QED) is 0.749. The molecule has 3 amide bonds. The third-order valence-corrected chi connectivity index (χ3v) is 4.63. The van der Waals surface area contributed by atoms with E-state index in [2.05, 4.69) is 17.6 Å². The Morgan fingerprint density at radius 3 is 2.95 bits per heavy atom. The topological polar surface area (TPSA) is 87.5 Å². The van der Waals surface area contributed by atoms with Gasteiger partial charge in [-0.3, -0.25) is 15.0 Å². The molecule has 0 spiro atoms. The van der Waals surface area contributed by atoms with E-state index in [-0.39, 0.29) is 17.9 Å². The third kappa shape index (κ3) is 4.80. The SMILES string of the molecule is CC1(CN)CCN(CC(=O)NC(=O)NCc2cccs2)C1. The van der Waals surface area contributed by atoms with Crippen LogP contribution in [0.5, 0.6) is 0 Å². The highest BCUT2D eigenvalue weighted by molar-refractivity contribution is 7.09. The first kappa shape index (κ1) is 15.9. The first-order valence-electron chi connectivity index (χ1n) is 7.03. The maximum absolute atomic E-state index is 11.8. The van der Waals surface area contributed by atoms with Gasteiger partial charge in [0.1, 0.15) is 0 Å². The number of amides is 3. The van der Waals surface area contributed by atoms with E-state index < -0.39 is 6.03 Å². The van der Waals surface area contributed by atoms with Gasteiger partial charge < -0.3 is 11.1 Å². The van der Waals surface area contributed by atoms with Crippen molar-refractivity contribution in [2.24, 2.45) is 11.1 Å². The van der Waals surface area contributed by atoms with Crippen molar-refractivity contribution in [1.82, 2.24) is 15.5 Å². The maximum atomic E-state index is 11.8. The van der Waals surface area contributed by atoms with Crippen LogP contribution in [0.25, 0.3) is 0 Å². The summed E-state index contributed by atoms with van der Waals surface area (Å²) in [4.78, 5) is 26.5. The molecule has 0 saturated carbocycles. The average Bonchev–Trinajstić information content (AvgIpc) is 3.07. The Morgan fingerprint density at radius 1 is 1.52 bits per heavy atom. The fraction of sp³-hybridized carbons (Fsp3) is 0.571. The van der Waals surface area contributed by atoms with E-state index >= 15 is 0 Å². The van der Waals surface area contributed by atoms with E-state index in [1.807, 2.05) is 22.4 Å². The van der Waals surface area contributed by atoms with Crippen LogP contribution in [0.1, 0.15) is 18.2 Å². The van der Waals surface area contributed by atoms with Gasteiger partial charge in [0.2, 0.25) is 5.91 Å². The number of nitrogens with one attached hydrogen (secondary N) is 2. The molecular formula is C14H22N4O2S. The van der Waals surface area contributed by atoms with E-state index in [0.717, 1.165) is 24.4 Å². The van der Waals surface area contributed by atoms with E-state index in [0.29, 0.717) is 13.1 Å². The number of imide groups is 1. The molecule has 7 heteroatoms. The first-order chi connectivity index (χ1) is 10.0. The van der Waals surface area contributed by atoms with Gasteiger partial charge in [0.05, 0.1) is 13.1 Å². The predicted molar refractivity (Wildman–Crippen MR) is 82.9 cm³/mol. The zero-order valence-corrected chi connectivity index (χ0v) is 13.0. The van der Waals surface area contributed by atoms with Gasteiger partial charge in [-0.05, 0) is 36.4 Å². The van der Waals surface area contributed by atoms with Crippen LogP contribution in [0.4, 0.5) is 4.79 Å². The zero-order chi connectivity index (χ0) is 15.3. The number of rotatable bonds is 5. The lowest BCUT2D eigenvalue weighted by Crippen LogP contribution is -2.44. The molecule has 0 aromatic carbocycles. The minimum absolute atomic E-state index is 0.0850. The molecule has 1 fully saturated rings. The summed E-state index contributed by atoms with van der Waals surface area (Å²) in [6.45, 7) is 5.06.